The van der Waals surface area contributed by atoms with E-state index in [1.165, 1.54) is 12.1 Å². The minimum atomic E-state index is -0.834. The third-order valence-electron chi connectivity index (χ3n) is 1.54. The number of halogens is 2. The van der Waals surface area contributed by atoms with Gasteiger partial charge in [0.2, 0.25) is 0 Å². The molecule has 0 aromatic heterocycles. The van der Waals surface area contributed by atoms with Gasteiger partial charge in [0.1, 0.15) is 5.82 Å². The van der Waals surface area contributed by atoms with E-state index in [1.54, 1.807) is 12.1 Å². The number of carboxylic acid groups (broad SMARTS) is 1. The summed E-state index contributed by atoms with van der Waals surface area (Å²) in [4.78, 5) is 10.2. The standard InChI is InChI=1S/C9H9FO2.ClH/c10-8-4-1-7(2-5-8)3-6-9(11)12;/h1-2,4-5H,3,6H2,(H,11,12);1H. The van der Waals surface area contributed by atoms with Gasteiger partial charge in [0.15, 0.2) is 0 Å². The predicted octanol–water partition coefficient (Wildman–Crippen LogP) is 2.26. The van der Waals surface area contributed by atoms with Crippen LogP contribution in [0.1, 0.15) is 12.0 Å². The first-order valence-electron chi connectivity index (χ1n) is 3.65. The van der Waals surface area contributed by atoms with Crippen LogP contribution in [0.2, 0.25) is 0 Å². The zero-order valence-corrected chi connectivity index (χ0v) is 7.68. The number of carboxylic acids is 1. The predicted molar refractivity (Wildman–Crippen MR) is 49.6 cm³/mol. The molecule has 0 aliphatic carbocycles. The third kappa shape index (κ3) is 4.48. The summed E-state index contributed by atoms with van der Waals surface area (Å²) >= 11 is 0. The zero-order chi connectivity index (χ0) is 8.97. The van der Waals surface area contributed by atoms with Crippen LogP contribution in [0.15, 0.2) is 24.3 Å². The maximum atomic E-state index is 12.4. The fraction of sp³-hybridized carbons (Fsp3) is 0.222. The van der Waals surface area contributed by atoms with E-state index in [4.69, 9.17) is 5.11 Å². The number of benzene rings is 1. The molecule has 1 aromatic carbocycles. The van der Waals surface area contributed by atoms with E-state index >= 15 is 0 Å². The number of hydrogen-bond donors (Lipinski definition) is 1. The van der Waals surface area contributed by atoms with Gasteiger partial charge in [-0.1, -0.05) is 12.1 Å². The molecular weight excluding hydrogens is 195 g/mol. The van der Waals surface area contributed by atoms with Crippen molar-refractivity contribution in [2.45, 2.75) is 12.8 Å². The lowest BCUT2D eigenvalue weighted by Gasteiger charge is -1.96. The molecule has 72 valence electrons. The highest BCUT2D eigenvalue weighted by atomic mass is 35.5. The molecule has 2 nitrogen and oxygen atoms in total. The van der Waals surface area contributed by atoms with Crippen LogP contribution in [0.3, 0.4) is 0 Å². The second-order valence-electron chi connectivity index (χ2n) is 2.52. The molecule has 0 aliphatic heterocycles. The number of hydrogen-bond acceptors (Lipinski definition) is 1. The van der Waals surface area contributed by atoms with Crippen LogP contribution in [0, 0.1) is 5.82 Å². The van der Waals surface area contributed by atoms with Crippen LogP contribution in [0.4, 0.5) is 4.39 Å². The molecule has 0 spiro atoms. The van der Waals surface area contributed by atoms with Crippen LogP contribution in [0.25, 0.3) is 0 Å². The van der Waals surface area contributed by atoms with Gasteiger partial charge < -0.3 is 5.11 Å². The van der Waals surface area contributed by atoms with Crippen molar-refractivity contribution in [1.29, 1.82) is 0 Å². The van der Waals surface area contributed by atoms with Crippen molar-refractivity contribution in [3.63, 3.8) is 0 Å². The average Bonchev–Trinajstić information content (AvgIpc) is 2.03. The molecule has 0 bridgehead atoms. The monoisotopic (exact) mass is 204 g/mol. The maximum Gasteiger partial charge on any atom is 0.303 e. The van der Waals surface area contributed by atoms with Gasteiger partial charge in [0.05, 0.1) is 0 Å². The van der Waals surface area contributed by atoms with Crippen molar-refractivity contribution in [3.05, 3.63) is 35.6 Å². The Morgan fingerprint density at radius 1 is 1.31 bits per heavy atom. The van der Waals surface area contributed by atoms with Gasteiger partial charge in [0.25, 0.3) is 0 Å². The van der Waals surface area contributed by atoms with Crippen molar-refractivity contribution in [2.75, 3.05) is 0 Å². The molecule has 0 atom stereocenters. The fourth-order valence-corrected chi connectivity index (χ4v) is 0.902. The molecule has 1 rings (SSSR count). The number of rotatable bonds is 3. The average molecular weight is 205 g/mol. The molecule has 0 heterocycles. The van der Waals surface area contributed by atoms with Crippen molar-refractivity contribution < 1.29 is 14.3 Å². The molecule has 1 aromatic rings. The van der Waals surface area contributed by atoms with Gasteiger partial charge in [-0.15, -0.1) is 12.4 Å². The Morgan fingerprint density at radius 3 is 2.31 bits per heavy atom. The lowest BCUT2D eigenvalue weighted by Crippen LogP contribution is -1.97. The van der Waals surface area contributed by atoms with Gasteiger partial charge in [-0.25, -0.2) is 4.39 Å². The summed E-state index contributed by atoms with van der Waals surface area (Å²) in [5, 5.41) is 8.36. The summed E-state index contributed by atoms with van der Waals surface area (Å²) < 4.78 is 12.4. The second-order valence-corrected chi connectivity index (χ2v) is 2.52. The Labute approximate surface area is 81.8 Å². The van der Waals surface area contributed by atoms with Crippen molar-refractivity contribution in [1.82, 2.24) is 0 Å². The Balaban J connectivity index is 0.00000144. The Kier molecular flexibility index (Phi) is 5.07. The topological polar surface area (TPSA) is 37.3 Å². The summed E-state index contributed by atoms with van der Waals surface area (Å²) in [7, 11) is 0. The van der Waals surface area contributed by atoms with Gasteiger partial charge in [0, 0.05) is 6.42 Å². The molecule has 4 heteroatoms. The summed E-state index contributed by atoms with van der Waals surface area (Å²) in [6, 6.07) is 5.85. The highest BCUT2D eigenvalue weighted by Gasteiger charge is 1.98. The van der Waals surface area contributed by atoms with E-state index in [9.17, 15) is 9.18 Å². The Bertz CT molecular complexity index is 271. The maximum absolute atomic E-state index is 12.4. The minimum absolute atomic E-state index is 0. The molecule has 0 fully saturated rings. The second kappa shape index (κ2) is 5.54. The SMILES string of the molecule is Cl.O=C(O)CCc1ccc(F)cc1. The summed E-state index contributed by atoms with van der Waals surface area (Å²) in [6.07, 6.45) is 0.543. The van der Waals surface area contributed by atoms with Crippen molar-refractivity contribution in [2.24, 2.45) is 0 Å². The van der Waals surface area contributed by atoms with E-state index in [0.717, 1.165) is 5.56 Å². The first-order valence-corrected chi connectivity index (χ1v) is 3.65. The molecular formula is C9H10ClFO2. The van der Waals surface area contributed by atoms with Crippen LogP contribution in [-0.2, 0) is 11.2 Å². The van der Waals surface area contributed by atoms with E-state index in [0.29, 0.717) is 6.42 Å². The molecule has 0 unspecified atom stereocenters. The van der Waals surface area contributed by atoms with Gasteiger partial charge in [-0.2, -0.15) is 0 Å². The number of aryl methyl sites for hydroxylation is 1. The molecule has 0 radical (unpaired) electrons. The fourth-order valence-electron chi connectivity index (χ4n) is 0.902. The van der Waals surface area contributed by atoms with E-state index in [2.05, 4.69) is 0 Å². The van der Waals surface area contributed by atoms with Crippen molar-refractivity contribution >= 4 is 18.4 Å². The zero-order valence-electron chi connectivity index (χ0n) is 6.87. The number of carbonyl (C=O) groups is 1. The van der Waals surface area contributed by atoms with Crippen molar-refractivity contribution in [3.8, 4) is 0 Å². The summed E-state index contributed by atoms with van der Waals surface area (Å²) in [6.45, 7) is 0. The largest absolute Gasteiger partial charge is 0.481 e. The quantitative estimate of drug-likeness (QED) is 0.820. The van der Waals surface area contributed by atoms with Gasteiger partial charge >= 0.3 is 5.97 Å². The first kappa shape index (κ1) is 11.9. The lowest BCUT2D eigenvalue weighted by atomic mass is 10.1. The minimum Gasteiger partial charge on any atom is -0.481 e. The van der Waals surface area contributed by atoms with E-state index in [1.807, 2.05) is 0 Å². The first-order chi connectivity index (χ1) is 5.68. The van der Waals surface area contributed by atoms with Gasteiger partial charge in [-0.05, 0) is 24.1 Å². The number of aliphatic carboxylic acids is 1. The highest BCUT2D eigenvalue weighted by Crippen LogP contribution is 2.04. The smallest absolute Gasteiger partial charge is 0.303 e. The Morgan fingerprint density at radius 2 is 1.85 bits per heavy atom. The highest BCUT2D eigenvalue weighted by molar-refractivity contribution is 5.85. The molecule has 0 saturated carbocycles. The summed E-state index contributed by atoms with van der Waals surface area (Å²) in [5.41, 5.74) is 0.846. The molecule has 0 aliphatic rings. The lowest BCUT2D eigenvalue weighted by molar-refractivity contribution is -0.136. The molecule has 0 saturated heterocycles. The summed E-state index contributed by atoms with van der Waals surface area (Å²) in [5.74, 6) is -1.13. The van der Waals surface area contributed by atoms with Crippen LogP contribution in [0.5, 0.6) is 0 Å². The molecule has 1 N–H and O–H groups in total. The normalized spacial score (nSPS) is 9.00. The third-order valence-corrected chi connectivity index (χ3v) is 1.54. The van der Waals surface area contributed by atoms with E-state index < -0.39 is 5.97 Å². The van der Waals surface area contributed by atoms with Crippen LogP contribution < -0.4 is 0 Å². The Hall–Kier alpha value is -1.09. The van der Waals surface area contributed by atoms with E-state index in [-0.39, 0.29) is 24.6 Å². The van der Waals surface area contributed by atoms with Crippen LogP contribution >= 0.6 is 12.4 Å². The molecule has 0 amide bonds. The molecule has 13 heavy (non-hydrogen) atoms. The van der Waals surface area contributed by atoms with Crippen LogP contribution in [-0.4, -0.2) is 11.1 Å². The van der Waals surface area contributed by atoms with Gasteiger partial charge in [-0.3, -0.25) is 4.79 Å².